The Morgan fingerprint density at radius 2 is 1.73 bits per heavy atom. The number of carbonyl (C=O) groups excluding carboxylic acids is 1. The van der Waals surface area contributed by atoms with E-state index in [0.717, 1.165) is 0 Å². The van der Waals surface area contributed by atoms with Gasteiger partial charge in [-0.2, -0.15) is 0 Å². The van der Waals surface area contributed by atoms with Gasteiger partial charge in [-0.3, -0.25) is 4.79 Å². The highest BCUT2D eigenvalue weighted by Crippen LogP contribution is 2.51. The number of allylic oxidation sites excluding steroid dienone is 1. The summed E-state index contributed by atoms with van der Waals surface area (Å²) < 4.78 is 11.9. The number of fused-ring (bicyclic) bond motifs is 3. The third kappa shape index (κ3) is 3.89. The van der Waals surface area contributed by atoms with E-state index < -0.39 is 48.3 Å². The van der Waals surface area contributed by atoms with Crippen LogP contribution in [0.5, 0.6) is 11.5 Å². The second-order valence-corrected chi connectivity index (χ2v) is 9.51. The average molecular weight is 460 g/mol. The van der Waals surface area contributed by atoms with E-state index in [9.17, 15) is 35.4 Å². The summed E-state index contributed by atoms with van der Waals surface area (Å²) in [6.45, 7) is 0. The molecule has 2 aliphatic heterocycles. The van der Waals surface area contributed by atoms with Crippen LogP contribution in [0.1, 0.15) is 37.4 Å². The molecule has 0 aromatic heterocycles. The van der Waals surface area contributed by atoms with Crippen LogP contribution in [-0.2, 0) is 14.3 Å². The molecule has 1 aromatic carbocycles. The van der Waals surface area contributed by atoms with Crippen molar-refractivity contribution in [3.63, 3.8) is 0 Å². The highest BCUT2D eigenvalue weighted by Gasteiger charge is 2.54. The number of carbonyl (C=O) groups is 1. The van der Waals surface area contributed by atoms with E-state index in [4.69, 9.17) is 9.47 Å². The molecule has 2 fully saturated rings. The van der Waals surface area contributed by atoms with Crippen LogP contribution in [0.2, 0.25) is 0 Å². The van der Waals surface area contributed by atoms with Crippen LogP contribution in [0.3, 0.4) is 0 Å². The molecule has 0 bridgehead atoms. The molecule has 9 nitrogen and oxygen atoms in total. The predicted octanol–water partition coefficient (Wildman–Crippen LogP) is 1.56. The Bertz CT molecular complexity index is 1000. The van der Waals surface area contributed by atoms with Crippen LogP contribution < -0.4 is 0 Å². The maximum absolute atomic E-state index is 12.4. The van der Waals surface area contributed by atoms with Crippen molar-refractivity contribution < 1.29 is 44.9 Å². The normalized spacial score (nSPS) is 40.7. The summed E-state index contributed by atoms with van der Waals surface area (Å²) in [6.07, 6.45) is 0.117. The number of ether oxygens (including phenoxy) is 2. The molecule has 9 heteroatoms. The van der Waals surface area contributed by atoms with Gasteiger partial charge >= 0.3 is 5.97 Å². The lowest BCUT2D eigenvalue weighted by Gasteiger charge is -2.51. The summed E-state index contributed by atoms with van der Waals surface area (Å²) in [6, 6.07) is 4.21. The highest BCUT2D eigenvalue weighted by molar-refractivity contribution is 5.72. The van der Waals surface area contributed by atoms with Gasteiger partial charge in [0.05, 0.1) is 24.7 Å². The summed E-state index contributed by atoms with van der Waals surface area (Å²) in [4.78, 5) is 12.4. The van der Waals surface area contributed by atoms with E-state index in [1.165, 1.54) is 18.2 Å². The summed E-state index contributed by atoms with van der Waals surface area (Å²) >= 11 is 0. The minimum absolute atomic E-state index is 0.0996. The minimum Gasteiger partial charge on any atom is -0.510 e. The van der Waals surface area contributed by atoms with E-state index >= 15 is 0 Å². The number of esters is 1. The molecular formula is C24H28O9. The molecular weight excluding hydrogens is 432 g/mol. The van der Waals surface area contributed by atoms with Gasteiger partial charge < -0.3 is 40.1 Å². The molecule has 0 spiro atoms. The first-order chi connectivity index (χ1) is 15.7. The van der Waals surface area contributed by atoms with Crippen LogP contribution in [-0.4, -0.2) is 61.0 Å². The number of hydrogen-bond donors (Lipinski definition) is 6. The lowest BCUT2D eigenvalue weighted by atomic mass is 9.64. The Kier molecular flexibility index (Phi) is 5.60. The average Bonchev–Trinajstić information content (AvgIpc) is 2.77. The number of phenolic OH excluding ortho intramolecular Hbond substituents is 2. The highest BCUT2D eigenvalue weighted by atomic mass is 16.5. The van der Waals surface area contributed by atoms with Crippen molar-refractivity contribution in [2.75, 3.05) is 0 Å². The van der Waals surface area contributed by atoms with E-state index in [0.29, 0.717) is 24.2 Å². The van der Waals surface area contributed by atoms with Crippen molar-refractivity contribution in [3.05, 3.63) is 47.4 Å². The Balaban J connectivity index is 1.50. The van der Waals surface area contributed by atoms with Crippen molar-refractivity contribution in [2.24, 2.45) is 23.7 Å². The zero-order valence-electron chi connectivity index (χ0n) is 17.8. The molecule has 178 valence electrons. The number of hydrogen-bond acceptors (Lipinski definition) is 9. The fourth-order valence-electron chi connectivity index (χ4n) is 5.88. The second-order valence-electron chi connectivity index (χ2n) is 9.51. The molecule has 6 N–H and O–H groups in total. The second kappa shape index (κ2) is 8.32. The zero-order chi connectivity index (χ0) is 23.4. The van der Waals surface area contributed by atoms with Gasteiger partial charge in [-0.1, -0.05) is 6.07 Å². The van der Waals surface area contributed by atoms with Gasteiger partial charge in [0.2, 0.25) is 0 Å². The number of benzene rings is 1. The molecule has 2 heterocycles. The van der Waals surface area contributed by atoms with Crippen LogP contribution >= 0.6 is 0 Å². The van der Waals surface area contributed by atoms with E-state index in [1.54, 1.807) is 12.1 Å². The van der Waals surface area contributed by atoms with Gasteiger partial charge in [-0.25, -0.2) is 0 Å². The molecule has 2 saturated heterocycles. The topological polar surface area (TPSA) is 157 Å². The van der Waals surface area contributed by atoms with Crippen LogP contribution in [0.4, 0.5) is 0 Å². The minimum atomic E-state index is -0.978. The first-order valence-corrected chi connectivity index (χ1v) is 11.3. The fraction of sp³-hybridized carbons (Fsp3) is 0.542. The molecule has 5 rings (SSSR count). The quantitative estimate of drug-likeness (QED) is 0.285. The number of rotatable bonds is 2. The molecule has 1 aromatic rings. The van der Waals surface area contributed by atoms with E-state index in [2.05, 4.69) is 0 Å². The molecule has 0 amide bonds. The number of aromatic hydroxyl groups is 2. The SMILES string of the molecule is O=C1C[C@@H](C2C=C(O)C(O)CC2)C2C(=CC(O)C3CC(O)C(c4ccc(O)c(O)c4)OC32)O1. The zero-order valence-corrected chi connectivity index (χ0v) is 17.8. The Hall–Kier alpha value is -2.59. The van der Waals surface area contributed by atoms with Gasteiger partial charge in [0.25, 0.3) is 0 Å². The molecule has 8 unspecified atom stereocenters. The molecule has 2 aliphatic carbocycles. The summed E-state index contributed by atoms with van der Waals surface area (Å²) in [5.41, 5.74) is 0.476. The van der Waals surface area contributed by atoms with Gasteiger partial charge in [0.15, 0.2) is 11.5 Å². The Morgan fingerprint density at radius 1 is 0.939 bits per heavy atom. The standard InChI is InChI=1S/C24H28O9/c25-14-3-1-10(5-17(14)28)12-8-21(31)32-20-9-16(27)13-7-19(30)23(33-24(13)22(12)20)11-2-4-15(26)18(29)6-11/h2,4-6,9-10,12-14,16,19,22-30H,1,3,7-8H2/t10?,12-,13?,14?,16?,19?,22?,23?,24?/m0/s1. The molecule has 0 saturated carbocycles. The van der Waals surface area contributed by atoms with Crippen molar-refractivity contribution in [1.29, 1.82) is 0 Å². The Labute approximate surface area is 190 Å². The van der Waals surface area contributed by atoms with E-state index in [-0.39, 0.29) is 41.9 Å². The smallest absolute Gasteiger partial charge is 0.311 e. The molecule has 0 radical (unpaired) electrons. The van der Waals surface area contributed by atoms with Gasteiger partial charge in [-0.05, 0) is 60.9 Å². The number of aliphatic hydroxyl groups excluding tert-OH is 4. The van der Waals surface area contributed by atoms with E-state index in [1.807, 2.05) is 0 Å². The lowest BCUT2D eigenvalue weighted by molar-refractivity contribution is -0.202. The molecule has 9 atom stereocenters. The maximum Gasteiger partial charge on any atom is 0.311 e. The van der Waals surface area contributed by atoms with Crippen LogP contribution in [0.15, 0.2) is 41.9 Å². The van der Waals surface area contributed by atoms with Gasteiger partial charge in [0.1, 0.15) is 23.7 Å². The first kappa shape index (κ1) is 22.2. The number of aliphatic hydroxyl groups is 4. The van der Waals surface area contributed by atoms with Crippen molar-refractivity contribution in [3.8, 4) is 11.5 Å². The largest absolute Gasteiger partial charge is 0.510 e. The van der Waals surface area contributed by atoms with Crippen LogP contribution in [0, 0.1) is 23.7 Å². The van der Waals surface area contributed by atoms with Crippen molar-refractivity contribution in [1.82, 2.24) is 0 Å². The van der Waals surface area contributed by atoms with Crippen molar-refractivity contribution in [2.45, 2.75) is 56.2 Å². The number of phenols is 2. The summed E-state index contributed by atoms with van der Waals surface area (Å²) in [7, 11) is 0. The third-order valence-electron chi connectivity index (χ3n) is 7.52. The van der Waals surface area contributed by atoms with Gasteiger partial charge in [-0.15, -0.1) is 0 Å². The van der Waals surface area contributed by atoms with Crippen LogP contribution in [0.25, 0.3) is 0 Å². The maximum atomic E-state index is 12.4. The fourth-order valence-corrected chi connectivity index (χ4v) is 5.88. The Morgan fingerprint density at radius 3 is 2.45 bits per heavy atom. The lowest BCUT2D eigenvalue weighted by Crippen LogP contribution is -2.54. The molecule has 4 aliphatic rings. The summed E-state index contributed by atoms with van der Waals surface area (Å²) in [5.74, 6) is -2.15. The molecule has 33 heavy (non-hydrogen) atoms. The first-order valence-electron chi connectivity index (χ1n) is 11.3. The monoisotopic (exact) mass is 460 g/mol. The third-order valence-corrected chi connectivity index (χ3v) is 7.52. The van der Waals surface area contributed by atoms with Gasteiger partial charge in [0, 0.05) is 11.8 Å². The van der Waals surface area contributed by atoms with Crippen molar-refractivity contribution >= 4 is 5.97 Å². The summed E-state index contributed by atoms with van der Waals surface area (Å²) in [5, 5.41) is 61.1. The predicted molar refractivity (Wildman–Crippen MR) is 113 cm³/mol.